The van der Waals surface area contributed by atoms with Crippen molar-refractivity contribution in [2.24, 2.45) is 0 Å². The molecule has 0 fully saturated rings. The number of aromatic nitrogens is 1. The summed E-state index contributed by atoms with van der Waals surface area (Å²) in [7, 11) is 1.74. The lowest BCUT2D eigenvalue weighted by atomic mass is 10.1. The predicted molar refractivity (Wildman–Crippen MR) is 110 cm³/mol. The van der Waals surface area contributed by atoms with Gasteiger partial charge in [0.2, 0.25) is 0 Å². The lowest BCUT2D eigenvalue weighted by Crippen LogP contribution is -2.26. The van der Waals surface area contributed by atoms with Crippen LogP contribution in [0.2, 0.25) is 0 Å². The molecule has 5 heteroatoms. The van der Waals surface area contributed by atoms with Crippen LogP contribution in [0.25, 0.3) is 0 Å². The van der Waals surface area contributed by atoms with Crippen molar-refractivity contribution in [1.29, 1.82) is 0 Å². The number of anilines is 1. The summed E-state index contributed by atoms with van der Waals surface area (Å²) < 4.78 is 0. The van der Waals surface area contributed by atoms with Crippen molar-refractivity contribution in [2.45, 2.75) is 19.9 Å². The molecule has 3 aromatic rings. The summed E-state index contributed by atoms with van der Waals surface area (Å²) in [5, 5.41) is 2.82. The molecule has 142 valence electrons. The Kier molecular flexibility index (Phi) is 6.17. The van der Waals surface area contributed by atoms with E-state index < -0.39 is 0 Å². The molecule has 1 N–H and O–H groups in total. The van der Waals surface area contributed by atoms with Crippen LogP contribution in [0.15, 0.2) is 72.9 Å². The number of carbonyl (C=O) groups excluding carboxylic acids is 2. The minimum Gasteiger partial charge on any atom is -0.337 e. The molecule has 5 nitrogen and oxygen atoms in total. The van der Waals surface area contributed by atoms with Gasteiger partial charge in [-0.25, -0.2) is 0 Å². The Balaban J connectivity index is 1.69. The number of aryl methyl sites for hydroxylation is 1. The Hall–Kier alpha value is -3.47. The summed E-state index contributed by atoms with van der Waals surface area (Å²) in [6.45, 7) is 2.57. The highest BCUT2D eigenvalue weighted by molar-refractivity contribution is 6.04. The number of carbonyl (C=O) groups is 2. The maximum absolute atomic E-state index is 12.7. The second-order valence-electron chi connectivity index (χ2n) is 6.58. The van der Waals surface area contributed by atoms with Gasteiger partial charge in [0.1, 0.15) is 5.69 Å². The number of nitrogens with zero attached hydrogens (tertiary/aromatic N) is 2. The third-order valence-electron chi connectivity index (χ3n) is 4.47. The maximum atomic E-state index is 12.7. The number of rotatable bonds is 6. The van der Waals surface area contributed by atoms with E-state index in [1.165, 1.54) is 17.8 Å². The van der Waals surface area contributed by atoms with Crippen molar-refractivity contribution in [1.82, 2.24) is 9.88 Å². The molecule has 2 amide bonds. The van der Waals surface area contributed by atoms with Crippen molar-refractivity contribution in [3.05, 3.63) is 95.3 Å². The Bertz CT molecular complexity index is 953. The van der Waals surface area contributed by atoms with Gasteiger partial charge in [0, 0.05) is 31.0 Å². The average molecular weight is 373 g/mol. The third kappa shape index (κ3) is 4.82. The van der Waals surface area contributed by atoms with E-state index in [0.717, 1.165) is 12.0 Å². The molecule has 0 aliphatic rings. The molecule has 0 bridgehead atoms. The zero-order chi connectivity index (χ0) is 19.9. The lowest BCUT2D eigenvalue weighted by molar-refractivity contribution is 0.0785. The molecule has 1 aromatic heterocycles. The fourth-order valence-electron chi connectivity index (χ4n) is 2.86. The summed E-state index contributed by atoms with van der Waals surface area (Å²) >= 11 is 0. The van der Waals surface area contributed by atoms with E-state index in [1.54, 1.807) is 18.0 Å². The standard InChI is InChI=1S/C23H23N3O2/c1-3-17-9-11-20(12-10-17)25-22(27)21-15-19(13-14-24-21)23(28)26(2)16-18-7-5-4-6-8-18/h4-15H,3,16H2,1-2H3,(H,25,27). The Labute approximate surface area is 165 Å². The van der Waals surface area contributed by atoms with Crippen LogP contribution in [-0.2, 0) is 13.0 Å². The number of amides is 2. The van der Waals surface area contributed by atoms with Crippen LogP contribution < -0.4 is 5.32 Å². The fraction of sp³-hybridized carbons (Fsp3) is 0.174. The van der Waals surface area contributed by atoms with Gasteiger partial charge in [-0.05, 0) is 41.8 Å². The minimum atomic E-state index is -0.343. The summed E-state index contributed by atoms with van der Waals surface area (Å²) in [4.78, 5) is 31.0. The van der Waals surface area contributed by atoms with Crippen molar-refractivity contribution in [3.8, 4) is 0 Å². The fourth-order valence-corrected chi connectivity index (χ4v) is 2.86. The number of nitrogens with one attached hydrogen (secondary N) is 1. The van der Waals surface area contributed by atoms with Crippen molar-refractivity contribution < 1.29 is 9.59 Å². The monoisotopic (exact) mass is 373 g/mol. The number of hydrogen-bond donors (Lipinski definition) is 1. The van der Waals surface area contributed by atoms with Crippen LogP contribution in [0.3, 0.4) is 0 Å². The highest BCUT2D eigenvalue weighted by atomic mass is 16.2. The minimum absolute atomic E-state index is 0.160. The summed E-state index contributed by atoms with van der Waals surface area (Å²) in [6.07, 6.45) is 2.43. The zero-order valence-corrected chi connectivity index (χ0v) is 16.1. The quantitative estimate of drug-likeness (QED) is 0.705. The molecule has 0 aliphatic heterocycles. The predicted octanol–water partition coefficient (Wildman–Crippen LogP) is 4.17. The van der Waals surface area contributed by atoms with Crippen LogP contribution in [0.5, 0.6) is 0 Å². The van der Waals surface area contributed by atoms with Crippen LogP contribution in [-0.4, -0.2) is 28.7 Å². The molecular formula is C23H23N3O2. The van der Waals surface area contributed by atoms with E-state index >= 15 is 0 Å². The second-order valence-corrected chi connectivity index (χ2v) is 6.58. The topological polar surface area (TPSA) is 62.3 Å². The smallest absolute Gasteiger partial charge is 0.274 e. The van der Waals surface area contributed by atoms with Crippen LogP contribution >= 0.6 is 0 Å². The van der Waals surface area contributed by atoms with Crippen molar-refractivity contribution >= 4 is 17.5 Å². The highest BCUT2D eigenvalue weighted by Gasteiger charge is 2.15. The molecule has 0 saturated heterocycles. The molecular weight excluding hydrogens is 350 g/mol. The van der Waals surface area contributed by atoms with Gasteiger partial charge in [0.05, 0.1) is 0 Å². The van der Waals surface area contributed by atoms with Gasteiger partial charge < -0.3 is 10.2 Å². The number of hydrogen-bond acceptors (Lipinski definition) is 3. The first-order valence-electron chi connectivity index (χ1n) is 9.22. The summed E-state index contributed by atoms with van der Waals surface area (Å²) in [6, 6.07) is 20.6. The third-order valence-corrected chi connectivity index (χ3v) is 4.47. The first kappa shape index (κ1) is 19.3. The molecule has 3 rings (SSSR count). The first-order valence-corrected chi connectivity index (χ1v) is 9.22. The SMILES string of the molecule is CCc1ccc(NC(=O)c2cc(C(=O)N(C)Cc3ccccc3)ccn2)cc1. The molecule has 1 heterocycles. The molecule has 0 spiro atoms. The average Bonchev–Trinajstić information content (AvgIpc) is 2.74. The number of pyridine rings is 1. The molecule has 0 unspecified atom stereocenters. The van der Waals surface area contributed by atoms with Gasteiger partial charge in [-0.3, -0.25) is 14.6 Å². The van der Waals surface area contributed by atoms with E-state index in [4.69, 9.17) is 0 Å². The molecule has 0 atom stereocenters. The molecule has 0 radical (unpaired) electrons. The van der Waals surface area contributed by atoms with Crippen molar-refractivity contribution in [2.75, 3.05) is 12.4 Å². The van der Waals surface area contributed by atoms with E-state index in [2.05, 4.69) is 17.2 Å². The van der Waals surface area contributed by atoms with E-state index in [0.29, 0.717) is 17.8 Å². The largest absolute Gasteiger partial charge is 0.337 e. The Morgan fingerprint density at radius 2 is 1.68 bits per heavy atom. The molecule has 0 aliphatic carbocycles. The summed E-state index contributed by atoms with van der Waals surface area (Å²) in [5.41, 5.74) is 3.58. The van der Waals surface area contributed by atoms with Gasteiger partial charge in [0.15, 0.2) is 0 Å². The molecule has 0 saturated carbocycles. The van der Waals surface area contributed by atoms with Gasteiger partial charge >= 0.3 is 0 Å². The van der Waals surface area contributed by atoms with Gasteiger partial charge in [0.25, 0.3) is 11.8 Å². The van der Waals surface area contributed by atoms with Gasteiger partial charge in [-0.2, -0.15) is 0 Å². The van der Waals surface area contributed by atoms with E-state index in [1.807, 2.05) is 54.6 Å². The van der Waals surface area contributed by atoms with E-state index in [-0.39, 0.29) is 17.5 Å². The summed E-state index contributed by atoms with van der Waals surface area (Å²) in [5.74, 6) is -0.503. The Morgan fingerprint density at radius 3 is 2.36 bits per heavy atom. The number of benzene rings is 2. The second kappa shape index (κ2) is 8.95. The van der Waals surface area contributed by atoms with Crippen LogP contribution in [0, 0.1) is 0 Å². The van der Waals surface area contributed by atoms with Crippen molar-refractivity contribution in [3.63, 3.8) is 0 Å². The van der Waals surface area contributed by atoms with Crippen LogP contribution in [0.1, 0.15) is 38.9 Å². The molecule has 2 aromatic carbocycles. The van der Waals surface area contributed by atoms with Gasteiger partial charge in [-0.1, -0.05) is 49.4 Å². The normalized spacial score (nSPS) is 10.4. The van der Waals surface area contributed by atoms with E-state index in [9.17, 15) is 9.59 Å². The Morgan fingerprint density at radius 1 is 0.964 bits per heavy atom. The zero-order valence-electron chi connectivity index (χ0n) is 16.1. The lowest BCUT2D eigenvalue weighted by Gasteiger charge is -2.17. The van der Waals surface area contributed by atoms with Gasteiger partial charge in [-0.15, -0.1) is 0 Å². The molecule has 28 heavy (non-hydrogen) atoms. The highest BCUT2D eigenvalue weighted by Crippen LogP contribution is 2.13. The van der Waals surface area contributed by atoms with Crippen LogP contribution in [0.4, 0.5) is 5.69 Å². The maximum Gasteiger partial charge on any atom is 0.274 e. The first-order chi connectivity index (χ1) is 13.6.